The van der Waals surface area contributed by atoms with Gasteiger partial charge in [-0.25, -0.2) is 0 Å². The van der Waals surface area contributed by atoms with Crippen LogP contribution < -0.4 is 17.5 Å². The molecule has 53 heavy (non-hydrogen) atoms. The molecule has 0 saturated heterocycles. The minimum absolute atomic E-state index is 0.193. The summed E-state index contributed by atoms with van der Waals surface area (Å²) < 4.78 is 69.3. The maximum atomic E-state index is 17.8. The van der Waals surface area contributed by atoms with E-state index in [1.807, 2.05) is 0 Å². The van der Waals surface area contributed by atoms with Crippen LogP contribution in [0.5, 0.6) is 0 Å². The molecule has 0 bridgehead atoms. The van der Waals surface area contributed by atoms with Crippen molar-refractivity contribution in [1.29, 1.82) is 0 Å². The first-order valence-electron chi connectivity index (χ1n) is 17.2. The first kappa shape index (κ1) is 38.5. The zero-order valence-corrected chi connectivity index (χ0v) is 32.5. The Kier molecular flexibility index (Phi) is 11.4. The number of rotatable bonds is 10. The molecule has 272 valence electrons. The molecule has 0 unspecified atom stereocenters. The Hall–Kier alpha value is -4.21. The second kappa shape index (κ2) is 15.6. The molecule has 6 rings (SSSR count). The molecule has 0 aromatic heterocycles. The van der Waals surface area contributed by atoms with E-state index < -0.39 is 71.5 Å². The van der Waals surface area contributed by atoms with Crippen molar-refractivity contribution in [3.05, 3.63) is 161 Å². The average Bonchev–Trinajstić information content (AvgIpc) is 3.86. The molecule has 2 amide bonds. The molecule has 0 aliphatic heterocycles. The SMILES string of the molecule is CC(C)N(C(=O)c1ccc(Cl)cc1)c1ccc(F)[c]([Ti]([C]2=CC=CC2)([C]2=CC=CC2)[c]2c(F)ccc(N(C(=O)c3ccc(Cl)cc3)C(C)C)c2F)c1F. The number of amides is 2. The number of anilines is 2. The molecule has 11 heteroatoms. The second-order valence-electron chi connectivity index (χ2n) is 13.5. The van der Waals surface area contributed by atoms with Gasteiger partial charge in [0, 0.05) is 0 Å². The molecular weight excluding hydrogens is 759 g/mol. The molecule has 2 aliphatic carbocycles. The summed E-state index contributed by atoms with van der Waals surface area (Å²) in [5, 5.41) is 0.805. The summed E-state index contributed by atoms with van der Waals surface area (Å²) >= 11 is 6.78. The van der Waals surface area contributed by atoms with E-state index in [-0.39, 0.29) is 35.3 Å². The number of hydrogen-bond donors (Lipinski definition) is 0. The van der Waals surface area contributed by atoms with Gasteiger partial charge in [0.1, 0.15) is 0 Å². The van der Waals surface area contributed by atoms with Gasteiger partial charge < -0.3 is 0 Å². The Labute approximate surface area is 320 Å². The number of halogens is 6. The third-order valence-corrected chi connectivity index (χ3v) is 18.0. The first-order chi connectivity index (χ1) is 25.3. The summed E-state index contributed by atoms with van der Waals surface area (Å²) in [5.74, 6) is -5.27. The fraction of sp³-hybridized carbons (Fsp3) is 0.190. The molecule has 0 atom stereocenters. The standard InChI is InChI=1S/2C16H13ClF2NO.2C5H5.Ti/c2*1-10(2)20(15-8-7-13(18)9-14(15)19)16(21)11-3-5-12(17)6-4-11;2*1-2-4-5-3-1;/h2*3-8,10H,1-2H3;2*1-3H,4H2;. The maximum absolute atomic E-state index is 17.8. The van der Waals surface area contributed by atoms with Crippen LogP contribution in [-0.4, -0.2) is 23.9 Å². The molecule has 0 fully saturated rings. The third-order valence-electron chi connectivity index (χ3n) is 9.57. The van der Waals surface area contributed by atoms with Gasteiger partial charge >= 0.3 is 322 Å². The predicted octanol–water partition coefficient (Wildman–Crippen LogP) is 10.5. The van der Waals surface area contributed by atoms with Gasteiger partial charge in [0.05, 0.1) is 0 Å². The Bertz CT molecular complexity index is 2060. The van der Waals surface area contributed by atoms with E-state index in [4.69, 9.17) is 23.2 Å². The molecule has 0 saturated carbocycles. The number of nitrogens with zero attached hydrogens (tertiary/aromatic N) is 2. The zero-order chi connectivity index (χ0) is 38.2. The van der Waals surface area contributed by atoms with E-state index in [1.54, 1.807) is 64.2 Å². The van der Waals surface area contributed by atoms with E-state index in [0.29, 0.717) is 17.8 Å². The van der Waals surface area contributed by atoms with E-state index in [2.05, 4.69) is 0 Å². The van der Waals surface area contributed by atoms with Crippen LogP contribution in [-0.2, 0) is 16.6 Å². The Morgan fingerprint density at radius 2 is 0.943 bits per heavy atom. The summed E-state index contributed by atoms with van der Waals surface area (Å²) in [5.41, 5.74) is -0.0303. The first-order valence-corrected chi connectivity index (χ1v) is 21.0. The van der Waals surface area contributed by atoms with Gasteiger partial charge in [0.15, 0.2) is 0 Å². The fourth-order valence-electron chi connectivity index (χ4n) is 7.27. The summed E-state index contributed by atoms with van der Waals surface area (Å²) in [4.78, 5) is 30.4. The van der Waals surface area contributed by atoms with Crippen LogP contribution in [0.2, 0.25) is 10.0 Å². The molecule has 0 N–H and O–H groups in total. The van der Waals surface area contributed by atoms with Crippen LogP contribution >= 0.6 is 23.2 Å². The van der Waals surface area contributed by atoms with E-state index >= 15 is 17.6 Å². The summed E-state index contributed by atoms with van der Waals surface area (Å²) in [7, 11) is 0. The Morgan fingerprint density at radius 3 is 1.25 bits per heavy atom. The molecule has 2 aliphatic rings. The quantitative estimate of drug-likeness (QED) is 0.119. The van der Waals surface area contributed by atoms with Gasteiger partial charge in [0.2, 0.25) is 0 Å². The molecule has 4 aromatic rings. The van der Waals surface area contributed by atoms with Crippen molar-refractivity contribution in [2.75, 3.05) is 9.80 Å². The summed E-state index contributed by atoms with van der Waals surface area (Å²) in [6.45, 7) is 6.77. The monoisotopic (exact) mass is 794 g/mol. The van der Waals surface area contributed by atoms with Crippen LogP contribution in [0.15, 0.2) is 117 Å². The summed E-state index contributed by atoms with van der Waals surface area (Å²) in [6, 6.07) is 15.5. The van der Waals surface area contributed by atoms with E-state index in [0.717, 1.165) is 12.1 Å². The van der Waals surface area contributed by atoms with Crippen LogP contribution in [0.4, 0.5) is 28.9 Å². The van der Waals surface area contributed by atoms with Gasteiger partial charge in [0.25, 0.3) is 0 Å². The van der Waals surface area contributed by atoms with Crippen molar-refractivity contribution >= 4 is 54.1 Å². The van der Waals surface area contributed by atoms with Crippen molar-refractivity contribution in [2.45, 2.75) is 52.6 Å². The predicted molar refractivity (Wildman–Crippen MR) is 202 cm³/mol. The van der Waals surface area contributed by atoms with Gasteiger partial charge in [-0.1, -0.05) is 0 Å². The van der Waals surface area contributed by atoms with Gasteiger partial charge in [-0.2, -0.15) is 0 Å². The topological polar surface area (TPSA) is 40.6 Å². The normalized spacial score (nSPS) is 13.9. The number of benzene rings is 4. The van der Waals surface area contributed by atoms with Crippen LogP contribution in [0, 0.1) is 23.3 Å². The average molecular weight is 796 g/mol. The number of carbonyl (C=O) groups is 2. The van der Waals surface area contributed by atoms with Crippen LogP contribution in [0.3, 0.4) is 0 Å². The van der Waals surface area contributed by atoms with Crippen molar-refractivity contribution in [2.24, 2.45) is 0 Å². The zero-order valence-electron chi connectivity index (χ0n) is 29.4. The van der Waals surface area contributed by atoms with Crippen molar-refractivity contribution < 1.29 is 43.7 Å². The van der Waals surface area contributed by atoms with Gasteiger partial charge in [-0.15, -0.1) is 0 Å². The van der Waals surface area contributed by atoms with E-state index in [1.165, 1.54) is 70.5 Å². The molecule has 4 nitrogen and oxygen atoms in total. The number of carbonyl (C=O) groups excluding carboxylic acids is 2. The van der Waals surface area contributed by atoms with Gasteiger partial charge in [-0.05, 0) is 0 Å². The van der Waals surface area contributed by atoms with Crippen molar-refractivity contribution in [3.8, 4) is 0 Å². The second-order valence-corrected chi connectivity index (χ2v) is 20.2. The molecule has 0 heterocycles. The molecule has 0 spiro atoms. The molecule has 0 radical (unpaired) electrons. The van der Waals surface area contributed by atoms with Crippen molar-refractivity contribution in [3.63, 3.8) is 0 Å². The third kappa shape index (κ3) is 6.98. The molecule has 4 aromatic carbocycles. The Morgan fingerprint density at radius 1 is 0.585 bits per heavy atom. The van der Waals surface area contributed by atoms with Crippen LogP contribution in [0.1, 0.15) is 61.3 Å². The van der Waals surface area contributed by atoms with Crippen molar-refractivity contribution in [1.82, 2.24) is 0 Å². The summed E-state index contributed by atoms with van der Waals surface area (Å²) in [6.07, 6.45) is 10.8. The van der Waals surface area contributed by atoms with E-state index in [9.17, 15) is 9.59 Å². The minimum atomic E-state index is -5.36. The van der Waals surface area contributed by atoms with Crippen LogP contribution in [0.25, 0.3) is 0 Å². The fourth-order valence-corrected chi connectivity index (χ4v) is 15.8. The Balaban J connectivity index is 1.66. The number of hydrogen-bond acceptors (Lipinski definition) is 2. The van der Waals surface area contributed by atoms with Gasteiger partial charge in [-0.3, -0.25) is 0 Å². The molecular formula is C42H36Cl2F4N2O2Ti. The number of allylic oxidation sites excluding steroid dienone is 8.